The minimum Gasteiger partial charge on any atom is -0.462 e. The van der Waals surface area contributed by atoms with E-state index in [4.69, 9.17) is 10.5 Å². The van der Waals surface area contributed by atoms with E-state index in [1.807, 2.05) is 0 Å². The van der Waals surface area contributed by atoms with Gasteiger partial charge in [0.15, 0.2) is 5.54 Å². The summed E-state index contributed by atoms with van der Waals surface area (Å²) in [6, 6.07) is 2.99. The molecule has 8 nitrogen and oxygen atoms in total. The van der Waals surface area contributed by atoms with Crippen LogP contribution in [0, 0.1) is 11.7 Å². The molecule has 4 N–H and O–H groups in total. The third kappa shape index (κ3) is 3.22. The number of fused-ring (bicyclic) bond motifs is 1. The molecule has 1 saturated carbocycles. The maximum absolute atomic E-state index is 14.6. The molecule has 2 aliphatic rings. The number of anilines is 2. The lowest BCUT2D eigenvalue weighted by molar-refractivity contribution is 0.0177. The molecule has 0 bridgehead atoms. The minimum atomic E-state index is -3.02. The molecule has 29 heavy (non-hydrogen) atoms. The first kappa shape index (κ1) is 19.0. The fourth-order valence-corrected chi connectivity index (χ4v) is 3.47. The predicted octanol–water partition coefficient (Wildman–Crippen LogP) is 2.10. The van der Waals surface area contributed by atoms with Gasteiger partial charge in [-0.1, -0.05) is 0 Å². The Bertz CT molecular complexity index is 984. The number of nitrogens with zero attached hydrogens (tertiary/aromatic N) is 3. The summed E-state index contributed by atoms with van der Waals surface area (Å²) in [7, 11) is 1.67. The maximum Gasteiger partial charge on any atom is 0.293 e. The maximum atomic E-state index is 14.6. The highest BCUT2D eigenvalue weighted by molar-refractivity contribution is 6.01. The third-order valence-corrected chi connectivity index (χ3v) is 5.00. The first-order valence-electron chi connectivity index (χ1n) is 8.76. The van der Waals surface area contributed by atoms with Crippen molar-refractivity contribution >= 4 is 23.3 Å². The topological polar surface area (TPSA) is 115 Å². The van der Waals surface area contributed by atoms with Crippen LogP contribution in [-0.4, -0.2) is 41.5 Å². The molecule has 3 atom stereocenters. The SMILES string of the molecule is CNc1cnc(C(=O)Nc2ccc(F)c([C@@]3(C(F)F)N=C(N)O[C@@H]4CC43)c2)nc1. The average molecular weight is 406 g/mol. The molecule has 152 valence electrons. The van der Waals surface area contributed by atoms with Crippen LogP contribution in [0.15, 0.2) is 35.6 Å². The zero-order chi connectivity index (χ0) is 20.8. The number of nitrogens with one attached hydrogen (secondary N) is 2. The summed E-state index contributed by atoms with van der Waals surface area (Å²) in [5, 5.41) is 5.31. The Balaban J connectivity index is 1.67. The van der Waals surface area contributed by atoms with Gasteiger partial charge in [-0.15, -0.1) is 0 Å². The number of amides is 1. The molecule has 1 aromatic carbocycles. The van der Waals surface area contributed by atoms with Gasteiger partial charge in [-0.2, -0.15) is 0 Å². The van der Waals surface area contributed by atoms with Crippen LogP contribution in [0.3, 0.4) is 0 Å². The Morgan fingerprint density at radius 2 is 2.03 bits per heavy atom. The number of hydrogen-bond donors (Lipinski definition) is 3. The van der Waals surface area contributed by atoms with Crippen LogP contribution < -0.4 is 16.4 Å². The molecule has 0 spiro atoms. The lowest BCUT2D eigenvalue weighted by Crippen LogP contribution is -2.43. The van der Waals surface area contributed by atoms with Gasteiger partial charge in [0.2, 0.25) is 5.82 Å². The first-order chi connectivity index (χ1) is 13.8. The highest BCUT2D eigenvalue weighted by Gasteiger charge is 2.64. The summed E-state index contributed by atoms with van der Waals surface area (Å²) in [6.45, 7) is 0. The van der Waals surface area contributed by atoms with Crippen LogP contribution in [-0.2, 0) is 10.3 Å². The van der Waals surface area contributed by atoms with E-state index >= 15 is 0 Å². The van der Waals surface area contributed by atoms with Crippen LogP contribution in [0.2, 0.25) is 0 Å². The minimum absolute atomic E-state index is 0.102. The molecule has 2 heterocycles. The highest BCUT2D eigenvalue weighted by atomic mass is 19.3. The molecular formula is C18H17F3N6O2. The van der Waals surface area contributed by atoms with Gasteiger partial charge >= 0.3 is 0 Å². The van der Waals surface area contributed by atoms with Crippen LogP contribution in [0.5, 0.6) is 0 Å². The zero-order valence-electron chi connectivity index (χ0n) is 15.2. The van der Waals surface area contributed by atoms with E-state index in [2.05, 4.69) is 25.6 Å². The summed E-state index contributed by atoms with van der Waals surface area (Å²) in [4.78, 5) is 24.0. The third-order valence-electron chi connectivity index (χ3n) is 5.00. The molecule has 0 radical (unpaired) electrons. The monoisotopic (exact) mass is 406 g/mol. The molecule has 0 saturated heterocycles. The quantitative estimate of drug-likeness (QED) is 0.701. The van der Waals surface area contributed by atoms with E-state index < -0.39 is 41.7 Å². The smallest absolute Gasteiger partial charge is 0.293 e. The van der Waals surface area contributed by atoms with Gasteiger partial charge in [0.1, 0.15) is 11.9 Å². The van der Waals surface area contributed by atoms with Crippen LogP contribution in [0.25, 0.3) is 0 Å². The fraction of sp³-hybridized carbons (Fsp3) is 0.333. The fourth-order valence-electron chi connectivity index (χ4n) is 3.47. The Morgan fingerprint density at radius 3 is 2.69 bits per heavy atom. The highest BCUT2D eigenvalue weighted by Crippen LogP contribution is 2.56. The lowest BCUT2D eigenvalue weighted by Gasteiger charge is -2.33. The summed E-state index contributed by atoms with van der Waals surface area (Å²) in [5.74, 6) is -2.38. The molecule has 1 aliphatic heterocycles. The Hall–Kier alpha value is -3.37. The average Bonchev–Trinajstić information content (AvgIpc) is 3.48. The summed E-state index contributed by atoms with van der Waals surface area (Å²) < 4.78 is 48.0. The van der Waals surface area contributed by atoms with Crippen molar-refractivity contribution in [2.75, 3.05) is 17.7 Å². The Labute approximate surface area is 163 Å². The van der Waals surface area contributed by atoms with Gasteiger partial charge in [0.25, 0.3) is 18.4 Å². The number of carbonyl (C=O) groups is 1. The van der Waals surface area contributed by atoms with E-state index in [0.29, 0.717) is 5.69 Å². The number of hydrogen-bond acceptors (Lipinski definition) is 7. The van der Waals surface area contributed by atoms with E-state index in [-0.39, 0.29) is 23.5 Å². The van der Waals surface area contributed by atoms with E-state index in [1.54, 1.807) is 7.05 Å². The van der Waals surface area contributed by atoms with Crippen LogP contribution in [0.1, 0.15) is 22.6 Å². The summed E-state index contributed by atoms with van der Waals surface area (Å²) >= 11 is 0. The number of rotatable bonds is 5. The van der Waals surface area contributed by atoms with E-state index in [1.165, 1.54) is 18.5 Å². The molecule has 1 unspecified atom stereocenters. The lowest BCUT2D eigenvalue weighted by atomic mass is 9.84. The van der Waals surface area contributed by atoms with Crippen molar-refractivity contribution in [1.82, 2.24) is 9.97 Å². The normalized spacial score (nSPS) is 24.9. The van der Waals surface area contributed by atoms with Crippen molar-refractivity contribution in [3.05, 3.63) is 47.8 Å². The van der Waals surface area contributed by atoms with Crippen molar-refractivity contribution in [3.63, 3.8) is 0 Å². The molecule has 1 fully saturated rings. The number of amidine groups is 1. The summed E-state index contributed by atoms with van der Waals surface area (Å²) in [6.07, 6.45) is -0.431. The van der Waals surface area contributed by atoms with Gasteiger partial charge in [0.05, 0.1) is 18.1 Å². The van der Waals surface area contributed by atoms with Gasteiger partial charge in [0, 0.05) is 24.2 Å². The molecule has 1 aromatic heterocycles. The van der Waals surface area contributed by atoms with E-state index in [0.717, 1.165) is 12.1 Å². The van der Waals surface area contributed by atoms with Crippen molar-refractivity contribution in [2.24, 2.45) is 16.6 Å². The largest absolute Gasteiger partial charge is 0.462 e. The van der Waals surface area contributed by atoms with Crippen molar-refractivity contribution in [1.29, 1.82) is 0 Å². The second-order valence-corrected chi connectivity index (χ2v) is 6.77. The van der Waals surface area contributed by atoms with Gasteiger partial charge in [-0.05, 0) is 24.6 Å². The number of aromatic nitrogens is 2. The van der Waals surface area contributed by atoms with Crippen molar-refractivity contribution < 1.29 is 22.7 Å². The molecule has 1 aliphatic carbocycles. The zero-order valence-corrected chi connectivity index (χ0v) is 15.2. The van der Waals surface area contributed by atoms with Gasteiger partial charge in [-0.3, -0.25) is 4.79 Å². The molecule has 11 heteroatoms. The van der Waals surface area contributed by atoms with E-state index in [9.17, 15) is 18.0 Å². The predicted molar refractivity (Wildman–Crippen MR) is 98.2 cm³/mol. The van der Waals surface area contributed by atoms with Gasteiger partial charge < -0.3 is 21.1 Å². The number of carbonyl (C=O) groups excluding carboxylic acids is 1. The standard InChI is InChI=1S/C18H17F3N6O2/c1-23-9-6-24-14(25-7-9)15(28)26-8-2-3-12(19)10(4-8)18(16(20)21)11-5-13(11)29-17(22)27-18/h2-4,6-7,11,13,16,23H,5H2,1H3,(H2,22,27)(H,26,28)/t11?,13-,18-/m1/s1. The summed E-state index contributed by atoms with van der Waals surface area (Å²) in [5.41, 5.74) is 3.75. The first-order valence-corrected chi connectivity index (χ1v) is 8.76. The molecule has 2 aromatic rings. The number of halogens is 3. The number of ether oxygens (including phenoxy) is 1. The second kappa shape index (κ2) is 6.90. The molecule has 4 rings (SSSR count). The Kier molecular flexibility index (Phi) is 4.52. The number of benzene rings is 1. The number of nitrogens with two attached hydrogens (primary N) is 1. The van der Waals surface area contributed by atoms with Crippen molar-refractivity contribution in [2.45, 2.75) is 24.5 Å². The number of aliphatic imine (C=N–C) groups is 1. The number of alkyl halides is 2. The molecule has 1 amide bonds. The molecular weight excluding hydrogens is 389 g/mol. The van der Waals surface area contributed by atoms with Crippen molar-refractivity contribution in [3.8, 4) is 0 Å². The second-order valence-electron chi connectivity index (χ2n) is 6.77. The van der Waals surface area contributed by atoms with Gasteiger partial charge in [-0.25, -0.2) is 28.1 Å². The van der Waals surface area contributed by atoms with Crippen LogP contribution in [0.4, 0.5) is 24.5 Å². The van der Waals surface area contributed by atoms with Crippen LogP contribution >= 0.6 is 0 Å². The Morgan fingerprint density at radius 1 is 1.31 bits per heavy atom.